The molecule has 156 valence electrons. The highest BCUT2D eigenvalue weighted by Crippen LogP contribution is 2.42. The lowest BCUT2D eigenvalue weighted by Crippen LogP contribution is -2.06. The molecular weight excluding hydrogens is 416 g/mol. The number of rotatable bonds is 5. The van der Waals surface area contributed by atoms with Gasteiger partial charge in [0, 0.05) is 15.4 Å². The van der Waals surface area contributed by atoms with Gasteiger partial charge in [0.15, 0.2) is 5.58 Å². The molecule has 1 N–H and O–H groups in total. The summed E-state index contributed by atoms with van der Waals surface area (Å²) in [6.45, 7) is 0. The van der Waals surface area contributed by atoms with Gasteiger partial charge in [0.1, 0.15) is 5.58 Å². The summed E-state index contributed by atoms with van der Waals surface area (Å²) < 4.78 is 6.21. The van der Waals surface area contributed by atoms with Crippen molar-refractivity contribution in [2.75, 3.05) is 0 Å². The van der Waals surface area contributed by atoms with Crippen LogP contribution in [0.4, 0.5) is 0 Å². The number of carbonyl (C=O) groups is 1. The lowest BCUT2D eigenvalue weighted by atomic mass is 10.1. The highest BCUT2D eigenvalue weighted by Gasteiger charge is 2.22. The molecule has 4 nitrogen and oxygen atoms in total. The molecule has 0 bridgehead atoms. The van der Waals surface area contributed by atoms with Crippen LogP contribution < -0.4 is 5.43 Å². The number of thioether (sulfide) groups is 2. The van der Waals surface area contributed by atoms with E-state index < -0.39 is 5.97 Å². The van der Waals surface area contributed by atoms with E-state index in [2.05, 4.69) is 6.07 Å². The third-order valence-corrected chi connectivity index (χ3v) is 8.83. The smallest absolute Gasteiger partial charge is 0.335 e. The van der Waals surface area contributed by atoms with E-state index in [-0.39, 0.29) is 11.0 Å². The summed E-state index contributed by atoms with van der Waals surface area (Å²) in [5.74, 6) is -1.04. The Kier molecular flexibility index (Phi) is 5.54. The van der Waals surface area contributed by atoms with Gasteiger partial charge in [-0.3, -0.25) is 4.79 Å². The van der Waals surface area contributed by atoms with Crippen LogP contribution >= 0.6 is 23.5 Å². The van der Waals surface area contributed by atoms with Crippen LogP contribution in [0.1, 0.15) is 61.7 Å². The molecule has 0 spiro atoms. The second kappa shape index (κ2) is 8.31. The zero-order valence-electron chi connectivity index (χ0n) is 16.7. The Bertz CT molecular complexity index is 1170. The molecule has 0 saturated heterocycles. The van der Waals surface area contributed by atoms with Gasteiger partial charge < -0.3 is 9.52 Å². The highest BCUT2D eigenvalue weighted by atomic mass is 32.2. The molecule has 1 heterocycles. The summed E-state index contributed by atoms with van der Waals surface area (Å²) in [7, 11) is 0. The average molecular weight is 441 g/mol. The van der Waals surface area contributed by atoms with Crippen LogP contribution in [-0.4, -0.2) is 21.6 Å². The fourth-order valence-corrected chi connectivity index (χ4v) is 7.36. The second-order valence-corrected chi connectivity index (χ2v) is 11.0. The predicted molar refractivity (Wildman–Crippen MR) is 123 cm³/mol. The Balaban J connectivity index is 1.67. The normalized spacial score (nSPS) is 18.0. The van der Waals surface area contributed by atoms with Gasteiger partial charge in [-0.1, -0.05) is 25.7 Å². The fraction of sp³-hybridized carbons (Fsp3) is 0.417. The number of benzene rings is 2. The number of carboxylic acids is 1. The van der Waals surface area contributed by atoms with E-state index >= 15 is 0 Å². The molecule has 30 heavy (non-hydrogen) atoms. The van der Waals surface area contributed by atoms with Crippen molar-refractivity contribution in [2.45, 2.75) is 71.7 Å². The molecule has 0 radical (unpaired) electrons. The number of aromatic carboxylic acids is 1. The van der Waals surface area contributed by atoms with Crippen LogP contribution in [0.15, 0.2) is 49.3 Å². The summed E-state index contributed by atoms with van der Waals surface area (Å²) in [4.78, 5) is 26.9. The Morgan fingerprint density at radius 1 is 0.900 bits per heavy atom. The summed E-state index contributed by atoms with van der Waals surface area (Å²) in [5.41, 5.74) is 1.05. The standard InChI is InChI=1S/C24H24O4S2/c25-22-18-11-14(24(26)27)9-10-20(18)28-23-19(22)12-17(29-15-5-1-2-6-15)13-21(23)30-16-7-3-4-8-16/h9-13,15-16H,1-8H2,(H,26,27). The van der Waals surface area contributed by atoms with Crippen molar-refractivity contribution < 1.29 is 14.3 Å². The maximum absolute atomic E-state index is 13.4. The zero-order chi connectivity index (χ0) is 20.7. The van der Waals surface area contributed by atoms with Gasteiger partial charge in [-0.25, -0.2) is 4.79 Å². The third-order valence-electron chi connectivity index (χ3n) is 6.16. The van der Waals surface area contributed by atoms with Gasteiger partial charge in [0.25, 0.3) is 0 Å². The van der Waals surface area contributed by atoms with E-state index in [0.29, 0.717) is 32.4 Å². The molecule has 1 aromatic heterocycles. The Hall–Kier alpha value is -1.92. The quantitative estimate of drug-likeness (QED) is 0.445. The zero-order valence-corrected chi connectivity index (χ0v) is 18.3. The molecule has 2 aliphatic rings. The first-order valence-corrected chi connectivity index (χ1v) is 12.5. The highest BCUT2D eigenvalue weighted by molar-refractivity contribution is 8.00. The number of hydrogen-bond acceptors (Lipinski definition) is 5. The van der Waals surface area contributed by atoms with E-state index in [4.69, 9.17) is 4.42 Å². The van der Waals surface area contributed by atoms with Crippen LogP contribution in [0.25, 0.3) is 21.9 Å². The first-order valence-electron chi connectivity index (χ1n) is 10.7. The lowest BCUT2D eigenvalue weighted by molar-refractivity contribution is 0.0697. The van der Waals surface area contributed by atoms with E-state index in [1.807, 2.05) is 29.6 Å². The topological polar surface area (TPSA) is 67.5 Å². The van der Waals surface area contributed by atoms with Gasteiger partial charge in [0.2, 0.25) is 5.43 Å². The van der Waals surface area contributed by atoms with Crippen LogP contribution in [0.2, 0.25) is 0 Å². The summed E-state index contributed by atoms with van der Waals surface area (Å²) in [6.07, 6.45) is 9.93. The van der Waals surface area contributed by atoms with E-state index in [1.54, 1.807) is 6.07 Å². The number of fused-ring (bicyclic) bond motifs is 2. The van der Waals surface area contributed by atoms with Crippen LogP contribution in [0.3, 0.4) is 0 Å². The minimum atomic E-state index is -1.04. The van der Waals surface area contributed by atoms with Gasteiger partial charge in [-0.05, 0) is 56.0 Å². The molecule has 2 aromatic carbocycles. The van der Waals surface area contributed by atoms with Gasteiger partial charge in [-0.15, -0.1) is 23.5 Å². The van der Waals surface area contributed by atoms with Gasteiger partial charge >= 0.3 is 5.97 Å². The molecule has 5 rings (SSSR count). The molecule has 0 amide bonds. The number of carboxylic acid groups (broad SMARTS) is 1. The molecule has 0 atom stereocenters. The SMILES string of the molecule is O=C(O)c1ccc2oc3c(SC4CCCC4)cc(SC4CCCC4)cc3c(=O)c2c1. The molecule has 0 unspecified atom stereocenters. The van der Waals surface area contributed by atoms with Crippen molar-refractivity contribution in [2.24, 2.45) is 0 Å². The minimum absolute atomic E-state index is 0.103. The lowest BCUT2D eigenvalue weighted by Gasteiger charge is -2.15. The fourth-order valence-electron chi connectivity index (χ4n) is 4.58. The second-order valence-electron chi connectivity index (χ2n) is 8.29. The summed E-state index contributed by atoms with van der Waals surface area (Å²) >= 11 is 3.71. The summed E-state index contributed by atoms with van der Waals surface area (Å²) in [6, 6.07) is 8.69. The van der Waals surface area contributed by atoms with Crippen LogP contribution in [0, 0.1) is 0 Å². The largest absolute Gasteiger partial charge is 0.478 e. The molecule has 2 aliphatic carbocycles. The Labute approximate surface area is 183 Å². The third kappa shape index (κ3) is 3.87. The molecule has 2 saturated carbocycles. The van der Waals surface area contributed by atoms with Crippen molar-refractivity contribution in [3.05, 3.63) is 46.1 Å². The molecule has 3 aromatic rings. The van der Waals surface area contributed by atoms with Crippen molar-refractivity contribution in [1.29, 1.82) is 0 Å². The molecule has 2 fully saturated rings. The maximum Gasteiger partial charge on any atom is 0.335 e. The predicted octanol–water partition coefficient (Wildman–Crippen LogP) is 6.71. The van der Waals surface area contributed by atoms with E-state index in [1.165, 1.54) is 63.5 Å². The Morgan fingerprint density at radius 2 is 1.57 bits per heavy atom. The first-order chi connectivity index (χ1) is 14.6. The van der Waals surface area contributed by atoms with Crippen molar-refractivity contribution in [1.82, 2.24) is 0 Å². The van der Waals surface area contributed by atoms with Gasteiger partial charge in [0.05, 0.1) is 21.2 Å². The van der Waals surface area contributed by atoms with Gasteiger partial charge in [-0.2, -0.15) is 0 Å². The van der Waals surface area contributed by atoms with E-state index in [9.17, 15) is 14.7 Å². The first kappa shape index (κ1) is 20.0. The summed E-state index contributed by atoms with van der Waals surface area (Å²) in [5, 5.41) is 11.4. The molecule has 0 aliphatic heterocycles. The van der Waals surface area contributed by atoms with Crippen LogP contribution in [0.5, 0.6) is 0 Å². The van der Waals surface area contributed by atoms with Crippen molar-refractivity contribution >= 4 is 51.4 Å². The maximum atomic E-state index is 13.4. The monoisotopic (exact) mass is 440 g/mol. The Morgan fingerprint density at radius 3 is 2.23 bits per heavy atom. The molecular formula is C24H24O4S2. The average Bonchev–Trinajstić information content (AvgIpc) is 3.43. The minimum Gasteiger partial charge on any atom is -0.478 e. The van der Waals surface area contributed by atoms with Crippen molar-refractivity contribution in [3.63, 3.8) is 0 Å². The number of hydrogen-bond donors (Lipinski definition) is 1. The van der Waals surface area contributed by atoms with E-state index in [0.717, 1.165) is 9.79 Å². The van der Waals surface area contributed by atoms with Crippen LogP contribution in [-0.2, 0) is 0 Å². The van der Waals surface area contributed by atoms with Crippen molar-refractivity contribution in [3.8, 4) is 0 Å². The molecule has 6 heteroatoms.